The number of piperazine rings is 1. The topological polar surface area (TPSA) is 74.5 Å². The highest BCUT2D eigenvalue weighted by Crippen LogP contribution is 2.28. The van der Waals surface area contributed by atoms with Gasteiger partial charge < -0.3 is 5.11 Å². The standard InChI is InChI=1S/C23H25F2N5O2/c24-19-6-7-20(21(25)12-19)23(32,15-30-17-26-16-27-30)14-29-10-8-28(9-11-29)13-22(31)18-4-2-1-3-5-18/h1-7,12,16-17,32H,8-11,13-15H2. The predicted molar refractivity (Wildman–Crippen MR) is 114 cm³/mol. The molecular weight excluding hydrogens is 416 g/mol. The van der Waals surface area contributed by atoms with E-state index < -0.39 is 17.2 Å². The van der Waals surface area contributed by atoms with E-state index in [1.165, 1.54) is 23.4 Å². The van der Waals surface area contributed by atoms with Gasteiger partial charge in [-0.25, -0.2) is 18.4 Å². The van der Waals surface area contributed by atoms with Gasteiger partial charge >= 0.3 is 0 Å². The third-order valence-electron chi connectivity index (χ3n) is 5.74. The number of halogens is 2. The minimum atomic E-state index is -1.63. The Hall–Kier alpha value is -3.01. The predicted octanol–water partition coefficient (Wildman–Crippen LogP) is 1.94. The van der Waals surface area contributed by atoms with Crippen molar-refractivity contribution in [1.29, 1.82) is 0 Å². The second kappa shape index (κ2) is 9.64. The summed E-state index contributed by atoms with van der Waals surface area (Å²) in [5.41, 5.74) is -0.937. The number of Topliss-reactive ketones (excluding diaryl/α,β-unsaturated/α-hetero) is 1. The summed E-state index contributed by atoms with van der Waals surface area (Å²) >= 11 is 0. The van der Waals surface area contributed by atoms with Crippen LogP contribution >= 0.6 is 0 Å². The van der Waals surface area contributed by atoms with Gasteiger partial charge in [0.05, 0.1) is 13.1 Å². The van der Waals surface area contributed by atoms with E-state index in [-0.39, 0.29) is 24.4 Å². The van der Waals surface area contributed by atoms with Gasteiger partial charge in [-0.05, 0) is 6.07 Å². The van der Waals surface area contributed by atoms with E-state index in [9.17, 15) is 18.7 Å². The van der Waals surface area contributed by atoms with Crippen LogP contribution in [0.3, 0.4) is 0 Å². The molecule has 1 aliphatic heterocycles. The molecule has 1 aliphatic rings. The van der Waals surface area contributed by atoms with Crippen molar-refractivity contribution in [1.82, 2.24) is 24.6 Å². The molecule has 1 fully saturated rings. The number of nitrogens with zero attached hydrogens (tertiary/aromatic N) is 5. The Balaban J connectivity index is 1.42. The van der Waals surface area contributed by atoms with E-state index in [2.05, 4.69) is 15.0 Å². The summed E-state index contributed by atoms with van der Waals surface area (Å²) in [4.78, 5) is 20.4. The maximum atomic E-state index is 14.6. The van der Waals surface area contributed by atoms with Crippen molar-refractivity contribution in [2.75, 3.05) is 39.3 Å². The first-order valence-corrected chi connectivity index (χ1v) is 10.5. The lowest BCUT2D eigenvalue weighted by Crippen LogP contribution is -2.53. The summed E-state index contributed by atoms with van der Waals surface area (Å²) in [6.45, 7) is 2.93. The zero-order valence-corrected chi connectivity index (χ0v) is 17.6. The summed E-state index contributed by atoms with van der Waals surface area (Å²) in [7, 11) is 0. The lowest BCUT2D eigenvalue weighted by Gasteiger charge is -2.39. The summed E-state index contributed by atoms with van der Waals surface area (Å²) in [5.74, 6) is -1.44. The average molecular weight is 441 g/mol. The van der Waals surface area contributed by atoms with Gasteiger partial charge in [-0.15, -0.1) is 0 Å². The SMILES string of the molecule is O=C(CN1CCN(CC(O)(Cn2cncn2)c2ccc(F)cc2F)CC1)c1ccccc1. The zero-order valence-electron chi connectivity index (χ0n) is 17.6. The maximum absolute atomic E-state index is 14.6. The molecule has 168 valence electrons. The van der Waals surface area contributed by atoms with E-state index in [0.717, 1.165) is 12.1 Å². The minimum Gasteiger partial charge on any atom is -0.382 e. The summed E-state index contributed by atoms with van der Waals surface area (Å²) in [5, 5.41) is 15.5. The Morgan fingerprint density at radius 2 is 1.72 bits per heavy atom. The largest absolute Gasteiger partial charge is 0.382 e. The van der Waals surface area contributed by atoms with E-state index in [1.54, 1.807) is 12.1 Å². The molecule has 0 bridgehead atoms. The van der Waals surface area contributed by atoms with Crippen LogP contribution in [0.2, 0.25) is 0 Å². The number of β-amino-alcohol motifs (C(OH)–C–C–N with tert-alkyl or cyclic N) is 1. The highest BCUT2D eigenvalue weighted by atomic mass is 19.1. The Morgan fingerprint density at radius 1 is 1.00 bits per heavy atom. The molecule has 0 saturated carbocycles. The second-order valence-electron chi connectivity index (χ2n) is 8.09. The van der Waals surface area contributed by atoms with Crippen LogP contribution in [0.25, 0.3) is 0 Å². The van der Waals surface area contributed by atoms with Crippen LogP contribution in [-0.4, -0.2) is 74.7 Å². The fourth-order valence-corrected chi connectivity index (χ4v) is 4.06. The Morgan fingerprint density at radius 3 is 2.38 bits per heavy atom. The number of carbonyl (C=O) groups excluding carboxylic acids is 1. The molecule has 2 aromatic carbocycles. The molecule has 0 radical (unpaired) electrons. The normalized spacial score (nSPS) is 17.2. The first-order valence-electron chi connectivity index (χ1n) is 10.5. The van der Waals surface area contributed by atoms with Crippen LogP contribution in [0.4, 0.5) is 8.78 Å². The number of aliphatic hydroxyl groups is 1. The molecule has 32 heavy (non-hydrogen) atoms. The number of hydrogen-bond acceptors (Lipinski definition) is 6. The molecule has 3 aromatic rings. The Bertz CT molecular complexity index is 1040. The molecule has 9 heteroatoms. The van der Waals surface area contributed by atoms with Gasteiger partial charge in [0.1, 0.15) is 29.9 Å². The van der Waals surface area contributed by atoms with Gasteiger partial charge in [-0.2, -0.15) is 5.10 Å². The third kappa shape index (κ3) is 5.24. The first-order chi connectivity index (χ1) is 15.4. The molecule has 1 aromatic heterocycles. The third-order valence-corrected chi connectivity index (χ3v) is 5.74. The van der Waals surface area contributed by atoms with Crippen LogP contribution in [0.15, 0.2) is 61.2 Å². The highest BCUT2D eigenvalue weighted by molar-refractivity contribution is 5.97. The van der Waals surface area contributed by atoms with Crippen LogP contribution in [0.1, 0.15) is 15.9 Å². The molecule has 1 N–H and O–H groups in total. The van der Waals surface area contributed by atoms with Crippen LogP contribution in [0, 0.1) is 11.6 Å². The van der Waals surface area contributed by atoms with Crippen molar-refractivity contribution in [2.24, 2.45) is 0 Å². The van der Waals surface area contributed by atoms with E-state index in [1.807, 2.05) is 23.1 Å². The Kier molecular flexibility index (Phi) is 6.69. The van der Waals surface area contributed by atoms with Crippen molar-refractivity contribution in [3.63, 3.8) is 0 Å². The molecule has 2 heterocycles. The number of benzene rings is 2. The van der Waals surface area contributed by atoms with E-state index >= 15 is 0 Å². The van der Waals surface area contributed by atoms with E-state index in [4.69, 9.17) is 0 Å². The monoisotopic (exact) mass is 441 g/mol. The summed E-state index contributed by atoms with van der Waals surface area (Å²) in [6.07, 6.45) is 2.78. The van der Waals surface area contributed by atoms with Gasteiger partial charge in [0.2, 0.25) is 0 Å². The van der Waals surface area contributed by atoms with Gasteiger partial charge in [0.25, 0.3) is 0 Å². The molecule has 7 nitrogen and oxygen atoms in total. The fourth-order valence-electron chi connectivity index (χ4n) is 4.06. The van der Waals surface area contributed by atoms with Crippen molar-refractivity contribution in [3.8, 4) is 0 Å². The molecule has 0 aliphatic carbocycles. The summed E-state index contributed by atoms with van der Waals surface area (Å²) < 4.78 is 29.5. The van der Waals surface area contributed by atoms with Gasteiger partial charge in [-0.1, -0.05) is 36.4 Å². The number of aromatic nitrogens is 3. The number of hydrogen-bond donors (Lipinski definition) is 1. The molecule has 1 saturated heterocycles. The van der Waals surface area contributed by atoms with Crippen molar-refractivity contribution in [2.45, 2.75) is 12.1 Å². The van der Waals surface area contributed by atoms with Crippen molar-refractivity contribution in [3.05, 3.63) is 83.9 Å². The Labute approximate surface area is 184 Å². The van der Waals surface area contributed by atoms with Gasteiger partial charge in [0, 0.05) is 49.9 Å². The van der Waals surface area contributed by atoms with Crippen LogP contribution in [0.5, 0.6) is 0 Å². The molecule has 1 unspecified atom stereocenters. The van der Waals surface area contributed by atoms with Crippen molar-refractivity contribution < 1.29 is 18.7 Å². The second-order valence-corrected chi connectivity index (χ2v) is 8.09. The lowest BCUT2D eigenvalue weighted by molar-refractivity contribution is -0.0314. The molecule has 0 spiro atoms. The highest BCUT2D eigenvalue weighted by Gasteiger charge is 2.36. The van der Waals surface area contributed by atoms with Crippen LogP contribution in [-0.2, 0) is 12.1 Å². The smallest absolute Gasteiger partial charge is 0.176 e. The summed E-state index contributed by atoms with van der Waals surface area (Å²) in [6, 6.07) is 12.4. The van der Waals surface area contributed by atoms with Gasteiger partial charge in [0.15, 0.2) is 5.78 Å². The van der Waals surface area contributed by atoms with E-state index in [0.29, 0.717) is 38.3 Å². The lowest BCUT2D eigenvalue weighted by atomic mass is 9.92. The first kappa shape index (κ1) is 22.2. The molecule has 0 amide bonds. The quantitative estimate of drug-likeness (QED) is 0.539. The zero-order chi connectivity index (χ0) is 22.6. The van der Waals surface area contributed by atoms with Crippen LogP contribution < -0.4 is 0 Å². The number of rotatable bonds is 8. The number of ketones is 1. The maximum Gasteiger partial charge on any atom is 0.176 e. The van der Waals surface area contributed by atoms with Crippen molar-refractivity contribution >= 4 is 5.78 Å². The average Bonchev–Trinajstić information content (AvgIpc) is 3.28. The molecular formula is C23H25F2N5O2. The van der Waals surface area contributed by atoms with Gasteiger partial charge in [-0.3, -0.25) is 14.6 Å². The number of carbonyl (C=O) groups is 1. The molecule has 4 rings (SSSR count). The fraction of sp³-hybridized carbons (Fsp3) is 0.348. The minimum absolute atomic E-state index is 0.0103. The molecule has 1 atom stereocenters.